The molecule has 1 fully saturated rings. The van der Waals surface area contributed by atoms with Crippen LogP contribution in [0.15, 0.2) is 47.4 Å². The lowest BCUT2D eigenvalue weighted by Gasteiger charge is -2.31. The Balaban J connectivity index is 1.71. The van der Waals surface area contributed by atoms with E-state index in [1.165, 1.54) is 41.7 Å². The number of rotatable bonds is 5. The summed E-state index contributed by atoms with van der Waals surface area (Å²) >= 11 is 5.73. The summed E-state index contributed by atoms with van der Waals surface area (Å²) in [6.45, 7) is 0.426. The van der Waals surface area contributed by atoms with Gasteiger partial charge in [-0.15, -0.1) is 0 Å². The average Bonchev–Trinajstić information content (AvgIpc) is 2.71. The van der Waals surface area contributed by atoms with Crippen LogP contribution in [0.3, 0.4) is 0 Å². The average molecular weight is 427 g/mol. The summed E-state index contributed by atoms with van der Waals surface area (Å²) < 4.78 is 45.4. The van der Waals surface area contributed by atoms with Gasteiger partial charge in [-0.3, -0.25) is 4.79 Å². The molecule has 9 heteroatoms. The van der Waals surface area contributed by atoms with Gasteiger partial charge in [-0.05, 0) is 55.3 Å². The molecular formula is C19H20ClFN2O4S. The molecule has 1 saturated heterocycles. The molecule has 6 nitrogen and oxygen atoms in total. The number of methoxy groups -OCH3 is 1. The zero-order chi connectivity index (χ0) is 20.3. The van der Waals surface area contributed by atoms with E-state index in [0.717, 1.165) is 0 Å². The van der Waals surface area contributed by atoms with Gasteiger partial charge in [-0.25, -0.2) is 12.8 Å². The van der Waals surface area contributed by atoms with Crippen molar-refractivity contribution in [2.24, 2.45) is 5.92 Å². The monoisotopic (exact) mass is 426 g/mol. The molecule has 1 heterocycles. The zero-order valence-corrected chi connectivity index (χ0v) is 16.8. The van der Waals surface area contributed by atoms with Gasteiger partial charge in [0.05, 0.1) is 22.9 Å². The smallest absolute Gasteiger partial charge is 0.243 e. The van der Waals surface area contributed by atoms with Crippen LogP contribution in [0.4, 0.5) is 10.1 Å². The van der Waals surface area contributed by atoms with E-state index in [9.17, 15) is 17.6 Å². The maximum absolute atomic E-state index is 13.3. The molecule has 0 aromatic heterocycles. The Labute approximate surface area is 168 Å². The fourth-order valence-electron chi connectivity index (χ4n) is 3.09. The lowest BCUT2D eigenvalue weighted by molar-refractivity contribution is -0.120. The van der Waals surface area contributed by atoms with E-state index in [2.05, 4.69) is 5.32 Å². The van der Waals surface area contributed by atoms with Crippen LogP contribution in [-0.4, -0.2) is 38.8 Å². The Hall–Kier alpha value is -2.16. The summed E-state index contributed by atoms with van der Waals surface area (Å²) in [6, 6.07) is 10.0. The van der Waals surface area contributed by atoms with E-state index in [4.69, 9.17) is 16.3 Å². The summed E-state index contributed by atoms with van der Waals surface area (Å²) in [7, 11) is -2.21. The van der Waals surface area contributed by atoms with Crippen molar-refractivity contribution in [3.05, 3.63) is 53.3 Å². The Bertz CT molecular complexity index is 966. The normalized spacial score (nSPS) is 17.9. The number of sulfonamides is 1. The van der Waals surface area contributed by atoms with Gasteiger partial charge in [0.15, 0.2) is 0 Å². The molecule has 1 aliphatic rings. The van der Waals surface area contributed by atoms with Crippen molar-refractivity contribution in [2.75, 3.05) is 25.5 Å². The second-order valence-corrected chi connectivity index (χ2v) is 8.84. The lowest BCUT2D eigenvalue weighted by atomic mass is 9.99. The first-order valence-corrected chi connectivity index (χ1v) is 10.5. The topological polar surface area (TPSA) is 75.7 Å². The number of nitrogens with zero attached hydrogens (tertiary/aromatic N) is 1. The molecule has 2 aromatic rings. The van der Waals surface area contributed by atoms with Gasteiger partial charge in [-0.1, -0.05) is 11.6 Å². The van der Waals surface area contributed by atoms with Gasteiger partial charge < -0.3 is 10.1 Å². The highest BCUT2D eigenvalue weighted by atomic mass is 35.5. The fraction of sp³-hybridized carbons (Fsp3) is 0.316. The second kappa shape index (κ2) is 8.46. The number of nitrogens with one attached hydrogen (secondary N) is 1. The minimum Gasteiger partial charge on any atom is -0.497 e. The molecule has 1 aliphatic heterocycles. The van der Waals surface area contributed by atoms with E-state index in [0.29, 0.717) is 30.8 Å². The van der Waals surface area contributed by atoms with Crippen LogP contribution in [0.2, 0.25) is 5.02 Å². The highest BCUT2D eigenvalue weighted by molar-refractivity contribution is 7.89. The quantitative estimate of drug-likeness (QED) is 0.793. The van der Waals surface area contributed by atoms with Gasteiger partial charge >= 0.3 is 0 Å². The predicted molar refractivity (Wildman–Crippen MR) is 105 cm³/mol. The molecule has 150 valence electrons. The van der Waals surface area contributed by atoms with Crippen LogP contribution in [0.1, 0.15) is 12.8 Å². The summed E-state index contributed by atoms with van der Waals surface area (Å²) in [5.41, 5.74) is 0.367. The third-order valence-corrected chi connectivity index (χ3v) is 6.81. The van der Waals surface area contributed by atoms with E-state index >= 15 is 0 Å². The summed E-state index contributed by atoms with van der Waals surface area (Å²) in [5.74, 6) is -0.843. The highest BCUT2D eigenvalue weighted by Crippen LogP contribution is 2.26. The zero-order valence-electron chi connectivity index (χ0n) is 15.2. The van der Waals surface area contributed by atoms with Crippen molar-refractivity contribution >= 4 is 33.2 Å². The van der Waals surface area contributed by atoms with Gasteiger partial charge in [0, 0.05) is 18.8 Å². The summed E-state index contributed by atoms with van der Waals surface area (Å²) in [5, 5.41) is 2.59. The number of ether oxygens (including phenoxy) is 1. The van der Waals surface area contributed by atoms with E-state index in [-0.39, 0.29) is 22.4 Å². The van der Waals surface area contributed by atoms with Crippen molar-refractivity contribution in [1.29, 1.82) is 0 Å². The first-order valence-electron chi connectivity index (χ1n) is 8.71. The van der Waals surface area contributed by atoms with E-state index in [1.807, 2.05) is 0 Å². The number of anilines is 1. The van der Waals surface area contributed by atoms with Crippen LogP contribution in [0.25, 0.3) is 0 Å². The van der Waals surface area contributed by atoms with Gasteiger partial charge in [0.25, 0.3) is 0 Å². The van der Waals surface area contributed by atoms with Crippen LogP contribution < -0.4 is 10.1 Å². The molecule has 1 unspecified atom stereocenters. The first-order chi connectivity index (χ1) is 13.3. The largest absolute Gasteiger partial charge is 0.497 e. The van der Waals surface area contributed by atoms with Gasteiger partial charge in [0.1, 0.15) is 11.6 Å². The molecule has 1 amide bonds. The molecule has 0 saturated carbocycles. The molecule has 0 aliphatic carbocycles. The SMILES string of the molecule is COc1ccc(S(=O)(=O)N2CCCC(C(=O)Nc3ccc(F)c(Cl)c3)C2)cc1. The molecule has 2 aromatic carbocycles. The maximum Gasteiger partial charge on any atom is 0.243 e. The number of hydrogen-bond acceptors (Lipinski definition) is 4. The number of carbonyl (C=O) groups is 1. The molecule has 0 radical (unpaired) electrons. The number of amides is 1. The number of hydrogen-bond donors (Lipinski definition) is 1. The molecule has 1 atom stereocenters. The Morgan fingerprint density at radius 2 is 1.96 bits per heavy atom. The van der Waals surface area contributed by atoms with E-state index < -0.39 is 21.8 Å². The second-order valence-electron chi connectivity index (χ2n) is 6.50. The van der Waals surface area contributed by atoms with Crippen molar-refractivity contribution in [3.63, 3.8) is 0 Å². The first kappa shape index (κ1) is 20.6. The van der Waals surface area contributed by atoms with Gasteiger partial charge in [-0.2, -0.15) is 4.31 Å². The summed E-state index contributed by atoms with van der Waals surface area (Å²) in [6.07, 6.45) is 1.13. The third kappa shape index (κ3) is 4.45. The molecule has 3 rings (SSSR count). The lowest BCUT2D eigenvalue weighted by Crippen LogP contribution is -2.43. The summed E-state index contributed by atoms with van der Waals surface area (Å²) in [4.78, 5) is 12.7. The van der Waals surface area contributed by atoms with Gasteiger partial charge in [0.2, 0.25) is 15.9 Å². The highest BCUT2D eigenvalue weighted by Gasteiger charge is 2.33. The molecule has 0 bridgehead atoms. The van der Waals surface area contributed by atoms with Crippen molar-refractivity contribution in [1.82, 2.24) is 4.31 Å². The number of piperidine rings is 1. The number of carbonyl (C=O) groups excluding carboxylic acids is 1. The van der Waals surface area contributed by atoms with Crippen LogP contribution in [-0.2, 0) is 14.8 Å². The van der Waals surface area contributed by atoms with Crippen LogP contribution in [0, 0.1) is 11.7 Å². The van der Waals surface area contributed by atoms with Crippen molar-refractivity contribution < 1.29 is 22.3 Å². The molecule has 0 spiro atoms. The third-order valence-electron chi connectivity index (χ3n) is 4.64. The molecule has 1 N–H and O–H groups in total. The maximum atomic E-state index is 13.3. The van der Waals surface area contributed by atoms with Crippen LogP contribution >= 0.6 is 11.6 Å². The number of halogens is 2. The fourth-order valence-corrected chi connectivity index (χ4v) is 4.79. The molecule has 28 heavy (non-hydrogen) atoms. The predicted octanol–water partition coefficient (Wildman–Crippen LogP) is 3.53. The Morgan fingerprint density at radius 3 is 2.61 bits per heavy atom. The Morgan fingerprint density at radius 1 is 1.25 bits per heavy atom. The minimum atomic E-state index is -3.71. The minimum absolute atomic E-state index is 0.0785. The van der Waals surface area contributed by atoms with E-state index in [1.54, 1.807) is 12.1 Å². The molecular weight excluding hydrogens is 407 g/mol. The standard InChI is InChI=1S/C19H20ClFN2O4S/c1-27-15-5-7-16(8-6-15)28(25,26)23-10-2-3-13(12-23)19(24)22-14-4-9-18(21)17(20)11-14/h4-9,11,13H,2-3,10,12H2,1H3,(H,22,24). The van der Waals surface area contributed by atoms with Crippen molar-refractivity contribution in [2.45, 2.75) is 17.7 Å². The van der Waals surface area contributed by atoms with Crippen LogP contribution in [0.5, 0.6) is 5.75 Å². The number of benzene rings is 2. The Kier molecular flexibility index (Phi) is 6.22. The van der Waals surface area contributed by atoms with Crippen molar-refractivity contribution in [3.8, 4) is 5.75 Å².